The molecular formula is C16H24N2OS. The number of nitrogens with one attached hydrogen (secondary N) is 1. The number of carbonyl (C=O) groups is 1. The Balaban J connectivity index is 1.83. The number of piperidine rings is 1. The Bertz CT molecular complexity index is 427. The lowest BCUT2D eigenvalue weighted by Crippen LogP contribution is -2.30. The van der Waals surface area contributed by atoms with Gasteiger partial charge in [-0.3, -0.25) is 4.79 Å². The maximum absolute atomic E-state index is 12.2. The highest BCUT2D eigenvalue weighted by molar-refractivity contribution is 7.98. The van der Waals surface area contributed by atoms with Gasteiger partial charge < -0.3 is 10.2 Å². The summed E-state index contributed by atoms with van der Waals surface area (Å²) in [6.45, 7) is 2.20. The molecule has 0 saturated carbocycles. The van der Waals surface area contributed by atoms with Crippen molar-refractivity contribution in [1.82, 2.24) is 5.32 Å². The van der Waals surface area contributed by atoms with E-state index in [4.69, 9.17) is 0 Å². The van der Waals surface area contributed by atoms with Crippen LogP contribution in [0, 0.1) is 5.92 Å². The Morgan fingerprint density at radius 3 is 2.55 bits per heavy atom. The van der Waals surface area contributed by atoms with Crippen LogP contribution in [0.2, 0.25) is 0 Å². The number of rotatable bonds is 5. The van der Waals surface area contributed by atoms with E-state index in [0.29, 0.717) is 12.3 Å². The molecule has 1 aromatic carbocycles. The quantitative estimate of drug-likeness (QED) is 0.846. The first-order chi connectivity index (χ1) is 9.70. The first-order valence-electron chi connectivity index (χ1n) is 7.32. The van der Waals surface area contributed by atoms with Crippen molar-refractivity contribution in [1.29, 1.82) is 0 Å². The molecule has 0 bridgehead atoms. The van der Waals surface area contributed by atoms with Crippen molar-refractivity contribution >= 4 is 23.4 Å². The maximum atomic E-state index is 12.2. The van der Waals surface area contributed by atoms with Crippen molar-refractivity contribution in [3.8, 4) is 0 Å². The second-order valence-electron chi connectivity index (χ2n) is 5.38. The monoisotopic (exact) mass is 292 g/mol. The van der Waals surface area contributed by atoms with Crippen molar-refractivity contribution in [2.24, 2.45) is 5.92 Å². The highest BCUT2D eigenvalue weighted by atomic mass is 32.2. The van der Waals surface area contributed by atoms with E-state index in [1.807, 2.05) is 19.2 Å². The Kier molecular flexibility index (Phi) is 5.92. The normalized spacial score (nSPS) is 16.1. The predicted octanol–water partition coefficient (Wildman–Crippen LogP) is 3.15. The van der Waals surface area contributed by atoms with E-state index >= 15 is 0 Å². The SMILES string of the molecule is CSc1ccc(N(C)C(=O)CCC2CCNCC2)cc1. The summed E-state index contributed by atoms with van der Waals surface area (Å²) in [4.78, 5) is 15.3. The van der Waals surface area contributed by atoms with Crippen LogP contribution in [0.4, 0.5) is 5.69 Å². The molecule has 3 nitrogen and oxygen atoms in total. The minimum atomic E-state index is 0.223. The third-order valence-electron chi connectivity index (χ3n) is 4.06. The summed E-state index contributed by atoms with van der Waals surface area (Å²) in [5.41, 5.74) is 0.984. The van der Waals surface area contributed by atoms with E-state index in [2.05, 4.69) is 23.7 Å². The van der Waals surface area contributed by atoms with Gasteiger partial charge in [0, 0.05) is 24.1 Å². The molecule has 1 aliphatic heterocycles. The highest BCUT2D eigenvalue weighted by Gasteiger charge is 2.16. The summed E-state index contributed by atoms with van der Waals surface area (Å²) < 4.78 is 0. The fourth-order valence-electron chi connectivity index (χ4n) is 2.62. The van der Waals surface area contributed by atoms with Crippen molar-refractivity contribution in [3.63, 3.8) is 0 Å². The van der Waals surface area contributed by atoms with Crippen LogP contribution in [-0.4, -0.2) is 32.3 Å². The second-order valence-corrected chi connectivity index (χ2v) is 6.26. The smallest absolute Gasteiger partial charge is 0.226 e. The second kappa shape index (κ2) is 7.70. The Hall–Kier alpha value is -1.00. The molecule has 1 aliphatic rings. The molecule has 1 aromatic rings. The van der Waals surface area contributed by atoms with E-state index in [0.717, 1.165) is 25.2 Å². The fourth-order valence-corrected chi connectivity index (χ4v) is 3.02. The average molecular weight is 292 g/mol. The molecule has 110 valence electrons. The molecule has 0 radical (unpaired) electrons. The van der Waals surface area contributed by atoms with E-state index in [1.54, 1.807) is 16.7 Å². The lowest BCUT2D eigenvalue weighted by Gasteiger charge is -2.23. The standard InChI is InChI=1S/C16H24N2OS/c1-18(14-4-6-15(20-2)7-5-14)16(19)8-3-13-9-11-17-12-10-13/h4-7,13,17H,3,8-12H2,1-2H3. The van der Waals surface area contributed by atoms with Crippen LogP contribution in [0.1, 0.15) is 25.7 Å². The molecule has 0 atom stereocenters. The van der Waals surface area contributed by atoms with Crippen molar-refractivity contribution in [2.75, 3.05) is 31.3 Å². The third kappa shape index (κ3) is 4.25. The molecule has 4 heteroatoms. The first kappa shape index (κ1) is 15.4. The van der Waals surface area contributed by atoms with Gasteiger partial charge in [-0.15, -0.1) is 11.8 Å². The minimum absolute atomic E-state index is 0.223. The number of nitrogens with zero attached hydrogens (tertiary/aromatic N) is 1. The summed E-state index contributed by atoms with van der Waals surface area (Å²) in [6.07, 6.45) is 6.15. The molecule has 1 saturated heterocycles. The molecule has 0 spiro atoms. The zero-order valence-electron chi connectivity index (χ0n) is 12.4. The zero-order valence-corrected chi connectivity index (χ0v) is 13.2. The molecular weight excluding hydrogens is 268 g/mol. The zero-order chi connectivity index (χ0) is 14.4. The van der Waals surface area contributed by atoms with Gasteiger partial charge in [-0.2, -0.15) is 0 Å². The van der Waals surface area contributed by atoms with E-state index in [-0.39, 0.29) is 5.91 Å². The number of amides is 1. The van der Waals surface area contributed by atoms with Crippen LogP contribution in [0.5, 0.6) is 0 Å². The number of carbonyl (C=O) groups excluding carboxylic acids is 1. The van der Waals surface area contributed by atoms with Gasteiger partial charge in [0.15, 0.2) is 0 Å². The molecule has 0 aliphatic carbocycles. The van der Waals surface area contributed by atoms with E-state index < -0.39 is 0 Å². The minimum Gasteiger partial charge on any atom is -0.317 e. The van der Waals surface area contributed by atoms with Crippen molar-refractivity contribution in [3.05, 3.63) is 24.3 Å². The van der Waals surface area contributed by atoms with Gasteiger partial charge in [0.05, 0.1) is 0 Å². The summed E-state index contributed by atoms with van der Waals surface area (Å²) >= 11 is 1.72. The topological polar surface area (TPSA) is 32.3 Å². The molecule has 1 amide bonds. The van der Waals surface area contributed by atoms with Crippen LogP contribution >= 0.6 is 11.8 Å². The summed E-state index contributed by atoms with van der Waals surface area (Å²) in [5, 5.41) is 3.36. The summed E-state index contributed by atoms with van der Waals surface area (Å²) in [7, 11) is 1.87. The Labute approximate surface area is 126 Å². The fraction of sp³-hybridized carbons (Fsp3) is 0.562. The van der Waals surface area contributed by atoms with Gasteiger partial charge in [-0.25, -0.2) is 0 Å². The Morgan fingerprint density at radius 1 is 1.30 bits per heavy atom. The maximum Gasteiger partial charge on any atom is 0.226 e. The first-order valence-corrected chi connectivity index (χ1v) is 8.54. The van der Waals surface area contributed by atoms with Crippen LogP contribution in [0.25, 0.3) is 0 Å². The average Bonchev–Trinajstić information content (AvgIpc) is 2.53. The lowest BCUT2D eigenvalue weighted by atomic mass is 9.93. The van der Waals surface area contributed by atoms with Gasteiger partial charge in [0.2, 0.25) is 5.91 Å². The molecule has 2 rings (SSSR count). The van der Waals surface area contributed by atoms with Crippen LogP contribution in [0.3, 0.4) is 0 Å². The van der Waals surface area contributed by atoms with Crippen molar-refractivity contribution < 1.29 is 4.79 Å². The molecule has 1 N–H and O–H groups in total. The molecule has 1 heterocycles. The van der Waals surface area contributed by atoms with Gasteiger partial charge >= 0.3 is 0 Å². The van der Waals surface area contributed by atoms with E-state index in [9.17, 15) is 4.79 Å². The van der Waals surface area contributed by atoms with Crippen LogP contribution < -0.4 is 10.2 Å². The highest BCUT2D eigenvalue weighted by Crippen LogP contribution is 2.22. The lowest BCUT2D eigenvalue weighted by molar-refractivity contribution is -0.118. The largest absolute Gasteiger partial charge is 0.317 e. The number of hydrogen-bond acceptors (Lipinski definition) is 3. The molecule has 1 fully saturated rings. The molecule has 20 heavy (non-hydrogen) atoms. The molecule has 0 unspecified atom stereocenters. The van der Waals surface area contributed by atoms with Crippen molar-refractivity contribution in [2.45, 2.75) is 30.6 Å². The molecule has 0 aromatic heterocycles. The van der Waals surface area contributed by atoms with Gasteiger partial charge in [-0.05, 0) is 68.8 Å². The number of anilines is 1. The van der Waals surface area contributed by atoms with Gasteiger partial charge in [-0.1, -0.05) is 0 Å². The summed E-state index contributed by atoms with van der Waals surface area (Å²) in [6, 6.07) is 8.18. The summed E-state index contributed by atoms with van der Waals surface area (Å²) in [5.74, 6) is 0.938. The number of thioether (sulfide) groups is 1. The number of benzene rings is 1. The van der Waals surface area contributed by atoms with Gasteiger partial charge in [0.1, 0.15) is 0 Å². The third-order valence-corrected chi connectivity index (χ3v) is 4.80. The predicted molar refractivity (Wildman–Crippen MR) is 86.5 cm³/mol. The van der Waals surface area contributed by atoms with E-state index in [1.165, 1.54) is 17.7 Å². The number of hydrogen-bond donors (Lipinski definition) is 1. The van der Waals surface area contributed by atoms with Crippen LogP contribution in [-0.2, 0) is 4.79 Å². The Morgan fingerprint density at radius 2 is 1.95 bits per heavy atom. The van der Waals surface area contributed by atoms with Gasteiger partial charge in [0.25, 0.3) is 0 Å². The van der Waals surface area contributed by atoms with Crippen LogP contribution in [0.15, 0.2) is 29.2 Å².